The fraction of sp³-hybridized carbons (Fsp3) is 0.125. The third kappa shape index (κ3) is 1.04. The molecule has 1 aromatic carbocycles. The molecule has 0 aliphatic carbocycles. The quantitative estimate of drug-likeness (QED) is 0.403. The Hall–Kier alpha value is -2.62. The number of rotatable bonds is 0. The third-order valence-corrected chi connectivity index (χ3v) is 3.93. The molecule has 1 aliphatic rings. The Bertz CT molecular complexity index is 1090. The highest BCUT2D eigenvalue weighted by Gasteiger charge is 2.34. The van der Waals surface area contributed by atoms with Crippen LogP contribution in [0.1, 0.15) is 9.68 Å². The van der Waals surface area contributed by atoms with E-state index in [1.807, 2.05) is 28.8 Å². The van der Waals surface area contributed by atoms with E-state index in [0.29, 0.717) is 34.7 Å². The predicted molar refractivity (Wildman–Crippen MR) is 75.2 cm³/mol. The van der Waals surface area contributed by atoms with Gasteiger partial charge in [-0.05, 0) is 18.2 Å². The van der Waals surface area contributed by atoms with Crippen molar-refractivity contribution in [3.8, 4) is 11.5 Å². The van der Waals surface area contributed by atoms with Gasteiger partial charge in [-0.2, -0.15) is 4.57 Å². The van der Waals surface area contributed by atoms with E-state index in [1.54, 1.807) is 18.3 Å². The van der Waals surface area contributed by atoms with Crippen molar-refractivity contribution in [3.63, 3.8) is 0 Å². The molecule has 0 unspecified atom stereocenters. The summed E-state index contributed by atoms with van der Waals surface area (Å²) in [6, 6.07) is 11.5. The van der Waals surface area contributed by atoms with Crippen LogP contribution >= 0.6 is 0 Å². The van der Waals surface area contributed by atoms with Crippen molar-refractivity contribution in [2.45, 2.75) is 6.54 Å². The van der Waals surface area contributed by atoms with Crippen LogP contribution in [-0.4, -0.2) is 9.55 Å². The number of nitrogens with zero attached hydrogens (tertiary/aromatic N) is 3. The van der Waals surface area contributed by atoms with Crippen LogP contribution in [0.2, 0.25) is 0 Å². The van der Waals surface area contributed by atoms with Crippen LogP contribution in [0, 0.1) is 0 Å². The minimum atomic E-state index is -2.30. The maximum Gasteiger partial charge on any atom is 0.331 e. The van der Waals surface area contributed by atoms with E-state index in [0.717, 1.165) is 11.1 Å². The Kier molecular flexibility index (Phi) is 1.29. The first-order chi connectivity index (χ1) is 11.1. The number of benzene rings is 1. The summed E-state index contributed by atoms with van der Waals surface area (Å²) in [4.78, 5) is 4.33. The summed E-state index contributed by atoms with van der Waals surface area (Å²) in [6.45, 7) is -1.70. The van der Waals surface area contributed by atoms with Gasteiger partial charge < -0.3 is 4.42 Å². The molecule has 0 N–H and O–H groups in total. The molecule has 0 saturated heterocycles. The van der Waals surface area contributed by atoms with Gasteiger partial charge in [-0.25, -0.2) is 9.55 Å². The number of pyridine rings is 1. The number of aromatic nitrogens is 3. The molecular formula is C16H12N3O+. The SMILES string of the molecule is [2H]C([2H])([2H])n1c2cccnc2c2oc3[n+](c21)Cc1ccccc1-3. The van der Waals surface area contributed by atoms with E-state index in [2.05, 4.69) is 4.98 Å². The summed E-state index contributed by atoms with van der Waals surface area (Å²) in [5.74, 6) is 0.691. The molecule has 0 radical (unpaired) electrons. The summed E-state index contributed by atoms with van der Waals surface area (Å²) in [6.07, 6.45) is 1.65. The molecule has 4 heteroatoms. The number of fused-ring (bicyclic) bond motifs is 7. The van der Waals surface area contributed by atoms with Gasteiger partial charge in [0, 0.05) is 11.8 Å². The number of hydrogen-bond donors (Lipinski definition) is 0. The number of hydrogen-bond acceptors (Lipinski definition) is 2. The predicted octanol–water partition coefficient (Wildman–Crippen LogP) is 2.64. The zero-order chi connectivity index (χ0) is 15.8. The third-order valence-electron chi connectivity index (χ3n) is 3.93. The maximum atomic E-state index is 7.93. The smallest absolute Gasteiger partial charge is 0.331 e. The topological polar surface area (TPSA) is 34.8 Å². The largest absolute Gasteiger partial charge is 0.411 e. The Morgan fingerprint density at radius 3 is 3.20 bits per heavy atom. The van der Waals surface area contributed by atoms with Gasteiger partial charge in [0.05, 0.1) is 16.7 Å². The molecule has 3 aromatic heterocycles. The summed E-state index contributed by atoms with van der Waals surface area (Å²) >= 11 is 0. The van der Waals surface area contributed by atoms with Crippen LogP contribution in [-0.2, 0) is 13.5 Å². The molecule has 96 valence electrons. The minimum absolute atomic E-state index is 0.529. The number of oxazole rings is 1. The molecule has 0 bridgehead atoms. The van der Waals surface area contributed by atoms with E-state index in [1.165, 1.54) is 4.57 Å². The van der Waals surface area contributed by atoms with E-state index in [4.69, 9.17) is 8.53 Å². The lowest BCUT2D eigenvalue weighted by Crippen LogP contribution is -2.32. The van der Waals surface area contributed by atoms with Gasteiger partial charge in [0.25, 0.3) is 11.5 Å². The molecule has 4 heterocycles. The molecule has 5 rings (SSSR count). The van der Waals surface area contributed by atoms with Crippen molar-refractivity contribution in [1.29, 1.82) is 0 Å². The molecule has 4 nitrogen and oxygen atoms in total. The maximum absolute atomic E-state index is 7.93. The Labute approximate surface area is 119 Å². The van der Waals surface area contributed by atoms with Crippen molar-refractivity contribution in [1.82, 2.24) is 9.55 Å². The first-order valence-corrected chi connectivity index (χ1v) is 6.46. The monoisotopic (exact) mass is 265 g/mol. The summed E-state index contributed by atoms with van der Waals surface area (Å²) in [5, 5.41) is 0. The van der Waals surface area contributed by atoms with Crippen molar-refractivity contribution in [2.75, 3.05) is 0 Å². The Balaban J connectivity index is 1.97. The average molecular weight is 265 g/mol. The highest BCUT2D eigenvalue weighted by atomic mass is 16.4. The van der Waals surface area contributed by atoms with Crippen LogP contribution in [0.25, 0.3) is 33.7 Å². The van der Waals surface area contributed by atoms with Crippen molar-refractivity contribution < 1.29 is 13.1 Å². The van der Waals surface area contributed by atoms with E-state index in [9.17, 15) is 0 Å². The molecule has 0 saturated carbocycles. The summed E-state index contributed by atoms with van der Waals surface area (Å²) in [5.41, 5.74) is 4.37. The lowest BCUT2D eigenvalue weighted by molar-refractivity contribution is -0.652. The van der Waals surface area contributed by atoms with Crippen LogP contribution in [0.3, 0.4) is 0 Å². The van der Waals surface area contributed by atoms with E-state index >= 15 is 0 Å². The van der Waals surface area contributed by atoms with Gasteiger partial charge in [0.2, 0.25) is 0 Å². The summed E-state index contributed by atoms with van der Waals surface area (Å²) < 4.78 is 33.1. The molecular weight excluding hydrogens is 250 g/mol. The lowest BCUT2D eigenvalue weighted by atomic mass is 10.1. The summed E-state index contributed by atoms with van der Waals surface area (Å²) in [7, 11) is 0. The van der Waals surface area contributed by atoms with Gasteiger partial charge in [-0.15, -0.1) is 0 Å². The molecule has 0 amide bonds. The van der Waals surface area contributed by atoms with Crippen molar-refractivity contribution in [2.24, 2.45) is 6.98 Å². The fourth-order valence-corrected chi connectivity index (χ4v) is 3.04. The fourth-order valence-electron chi connectivity index (χ4n) is 3.04. The molecule has 0 atom stereocenters. The van der Waals surface area contributed by atoms with Crippen molar-refractivity contribution >= 4 is 22.3 Å². The van der Waals surface area contributed by atoms with Crippen molar-refractivity contribution in [3.05, 3.63) is 48.2 Å². The van der Waals surface area contributed by atoms with Gasteiger partial charge in [0.1, 0.15) is 6.54 Å². The van der Waals surface area contributed by atoms with E-state index < -0.39 is 6.98 Å². The van der Waals surface area contributed by atoms with Crippen LogP contribution in [0.4, 0.5) is 0 Å². The van der Waals surface area contributed by atoms with Crippen LogP contribution in [0.5, 0.6) is 0 Å². The van der Waals surface area contributed by atoms with Gasteiger partial charge in [-0.1, -0.05) is 18.2 Å². The zero-order valence-electron chi connectivity index (χ0n) is 13.5. The van der Waals surface area contributed by atoms with Crippen LogP contribution < -0.4 is 4.57 Å². The second-order valence-electron chi connectivity index (χ2n) is 5.01. The highest BCUT2D eigenvalue weighted by Crippen LogP contribution is 2.34. The molecule has 4 aromatic rings. The van der Waals surface area contributed by atoms with Gasteiger partial charge >= 0.3 is 5.65 Å². The number of aryl methyl sites for hydroxylation is 1. The zero-order valence-corrected chi connectivity index (χ0v) is 10.5. The second kappa shape index (κ2) is 3.28. The molecule has 20 heavy (non-hydrogen) atoms. The first kappa shape index (κ1) is 7.85. The van der Waals surface area contributed by atoms with Gasteiger partial charge in [-0.3, -0.25) is 0 Å². The van der Waals surface area contributed by atoms with Gasteiger partial charge in [0.15, 0.2) is 11.0 Å². The Morgan fingerprint density at radius 2 is 2.25 bits per heavy atom. The standard InChI is InChI=1S/C16H12N3O/c1-18-12-7-4-8-17-13(12)14-15(18)19-9-10-5-2-3-6-11(10)16(19)20-14/h2-8H,9H2,1H3/q+1/i1D3. The average Bonchev–Trinajstić information content (AvgIpc) is 3.13. The Morgan fingerprint density at radius 1 is 1.30 bits per heavy atom. The highest BCUT2D eigenvalue weighted by molar-refractivity contribution is 5.99. The van der Waals surface area contributed by atoms with E-state index in [-0.39, 0.29) is 0 Å². The first-order valence-electron chi connectivity index (χ1n) is 7.96. The molecule has 0 spiro atoms. The second-order valence-corrected chi connectivity index (χ2v) is 5.01. The molecule has 0 fully saturated rings. The van der Waals surface area contributed by atoms with Crippen LogP contribution in [0.15, 0.2) is 47.0 Å². The normalized spacial score (nSPS) is 15.9. The lowest BCUT2D eigenvalue weighted by Gasteiger charge is -1.91. The molecule has 1 aliphatic heterocycles. The minimum Gasteiger partial charge on any atom is -0.411 e.